The molecule has 0 bridgehead atoms. The third kappa shape index (κ3) is 5.11. The molecule has 0 aromatic rings. The number of carbonyl (C=O) groups excluding carboxylic acids is 1. The summed E-state index contributed by atoms with van der Waals surface area (Å²) < 4.78 is 9.85. The van der Waals surface area contributed by atoms with E-state index < -0.39 is 6.04 Å². The van der Waals surface area contributed by atoms with Gasteiger partial charge in [0.25, 0.3) is 0 Å². The monoisotopic (exact) mass is 218 g/mol. The zero-order valence-electron chi connectivity index (χ0n) is 10.0. The Morgan fingerprint density at radius 1 is 1.40 bits per heavy atom. The lowest BCUT2D eigenvalue weighted by atomic mass is 10.2. The maximum Gasteiger partial charge on any atom is 0.239 e. The van der Waals surface area contributed by atoms with Gasteiger partial charge in [0.1, 0.15) is 0 Å². The number of rotatable bonds is 7. The minimum Gasteiger partial charge on any atom is -0.385 e. The highest BCUT2D eigenvalue weighted by Gasteiger charge is 2.21. The summed E-state index contributed by atoms with van der Waals surface area (Å²) in [6.07, 6.45) is 0.541. The van der Waals surface area contributed by atoms with E-state index in [1.165, 1.54) is 0 Å². The zero-order valence-corrected chi connectivity index (χ0v) is 10.0. The maximum atomic E-state index is 11.8. The number of ether oxygens (including phenoxy) is 2. The molecule has 0 aromatic heterocycles. The summed E-state index contributed by atoms with van der Waals surface area (Å²) in [5, 5.41) is 0. The molecule has 5 heteroatoms. The first kappa shape index (κ1) is 14.3. The Hall–Kier alpha value is -0.650. The van der Waals surface area contributed by atoms with Crippen molar-refractivity contribution in [2.75, 3.05) is 34.5 Å². The fourth-order valence-corrected chi connectivity index (χ4v) is 1.20. The van der Waals surface area contributed by atoms with Crippen molar-refractivity contribution in [3.8, 4) is 0 Å². The normalized spacial score (nSPS) is 14.7. The number of amides is 1. The number of hydrogen-bond donors (Lipinski definition) is 1. The first-order valence-electron chi connectivity index (χ1n) is 5.04. The van der Waals surface area contributed by atoms with Crippen LogP contribution in [-0.4, -0.2) is 57.4 Å². The van der Waals surface area contributed by atoms with Gasteiger partial charge in [-0.2, -0.15) is 0 Å². The van der Waals surface area contributed by atoms with Gasteiger partial charge in [-0.1, -0.05) is 0 Å². The Bertz CT molecular complexity index is 188. The molecule has 0 aromatic carbocycles. The van der Waals surface area contributed by atoms with Crippen LogP contribution in [-0.2, 0) is 14.3 Å². The molecule has 2 N–H and O–H groups in total. The highest BCUT2D eigenvalue weighted by molar-refractivity contribution is 5.81. The van der Waals surface area contributed by atoms with E-state index in [9.17, 15) is 4.79 Å². The molecule has 15 heavy (non-hydrogen) atoms. The highest BCUT2D eigenvalue weighted by Crippen LogP contribution is 2.01. The van der Waals surface area contributed by atoms with Gasteiger partial charge in [0.15, 0.2) is 0 Å². The van der Waals surface area contributed by atoms with Crippen LogP contribution in [0.5, 0.6) is 0 Å². The van der Waals surface area contributed by atoms with E-state index in [1.807, 2.05) is 6.92 Å². The number of likely N-dealkylation sites (N-methyl/N-ethyl adjacent to an activating group) is 1. The molecule has 0 saturated heterocycles. The van der Waals surface area contributed by atoms with Crippen LogP contribution in [0.25, 0.3) is 0 Å². The molecule has 0 aliphatic rings. The summed E-state index contributed by atoms with van der Waals surface area (Å²) in [5.41, 5.74) is 5.73. The lowest BCUT2D eigenvalue weighted by molar-refractivity contribution is -0.134. The first-order valence-corrected chi connectivity index (χ1v) is 5.04. The Morgan fingerprint density at radius 3 is 2.47 bits per heavy atom. The minimum absolute atomic E-state index is 0.0381. The molecule has 1 amide bonds. The lowest BCUT2D eigenvalue weighted by Gasteiger charge is -2.26. The van der Waals surface area contributed by atoms with Gasteiger partial charge in [-0.15, -0.1) is 0 Å². The SMILES string of the molecule is COCCC(N)C(=O)N(C)C(C)COC. The van der Waals surface area contributed by atoms with Crippen LogP contribution in [0.3, 0.4) is 0 Å². The van der Waals surface area contributed by atoms with Crippen molar-refractivity contribution in [3.05, 3.63) is 0 Å². The van der Waals surface area contributed by atoms with Crippen LogP contribution in [0, 0.1) is 0 Å². The summed E-state index contributed by atoms with van der Waals surface area (Å²) in [4.78, 5) is 13.4. The van der Waals surface area contributed by atoms with E-state index >= 15 is 0 Å². The molecule has 2 atom stereocenters. The van der Waals surface area contributed by atoms with Gasteiger partial charge in [0.2, 0.25) is 5.91 Å². The summed E-state index contributed by atoms with van der Waals surface area (Å²) in [6.45, 7) is 2.93. The molecule has 0 fully saturated rings. The second kappa shape index (κ2) is 7.62. The summed E-state index contributed by atoms with van der Waals surface area (Å²) in [7, 11) is 4.94. The van der Waals surface area contributed by atoms with E-state index in [-0.39, 0.29) is 11.9 Å². The van der Waals surface area contributed by atoms with E-state index in [0.29, 0.717) is 19.6 Å². The fraction of sp³-hybridized carbons (Fsp3) is 0.900. The minimum atomic E-state index is -0.491. The van der Waals surface area contributed by atoms with Gasteiger partial charge in [0, 0.05) is 27.9 Å². The summed E-state index contributed by atoms with van der Waals surface area (Å²) in [5.74, 6) is -0.0726. The van der Waals surface area contributed by atoms with E-state index in [4.69, 9.17) is 15.2 Å². The fourth-order valence-electron chi connectivity index (χ4n) is 1.20. The Morgan fingerprint density at radius 2 is 2.00 bits per heavy atom. The third-order valence-corrected chi connectivity index (χ3v) is 2.37. The van der Waals surface area contributed by atoms with Crippen molar-refractivity contribution in [2.24, 2.45) is 5.73 Å². The van der Waals surface area contributed by atoms with Crippen molar-refractivity contribution in [2.45, 2.75) is 25.4 Å². The van der Waals surface area contributed by atoms with Crippen LogP contribution in [0.2, 0.25) is 0 Å². The molecule has 0 saturated carbocycles. The van der Waals surface area contributed by atoms with Crippen molar-refractivity contribution in [1.82, 2.24) is 4.90 Å². The predicted molar refractivity (Wildman–Crippen MR) is 58.6 cm³/mol. The standard InChI is InChI=1S/C10H22N2O3/c1-8(7-15-4)12(2)10(13)9(11)5-6-14-3/h8-9H,5-7,11H2,1-4H3. The molecule has 0 spiro atoms. The Kier molecular flexibility index (Phi) is 7.29. The second-order valence-electron chi connectivity index (χ2n) is 3.64. The van der Waals surface area contributed by atoms with Crippen molar-refractivity contribution >= 4 is 5.91 Å². The average molecular weight is 218 g/mol. The smallest absolute Gasteiger partial charge is 0.239 e. The molecular weight excluding hydrogens is 196 g/mol. The Balaban J connectivity index is 4.05. The highest BCUT2D eigenvalue weighted by atomic mass is 16.5. The number of nitrogens with zero attached hydrogens (tertiary/aromatic N) is 1. The number of carbonyl (C=O) groups is 1. The molecule has 0 aliphatic heterocycles. The van der Waals surface area contributed by atoms with Gasteiger partial charge in [-0.25, -0.2) is 0 Å². The summed E-state index contributed by atoms with van der Waals surface area (Å²) in [6, 6.07) is -0.453. The van der Waals surface area contributed by atoms with Crippen LogP contribution in [0.1, 0.15) is 13.3 Å². The molecule has 5 nitrogen and oxygen atoms in total. The number of hydrogen-bond acceptors (Lipinski definition) is 4. The second-order valence-corrected chi connectivity index (χ2v) is 3.64. The van der Waals surface area contributed by atoms with Gasteiger partial charge >= 0.3 is 0 Å². The van der Waals surface area contributed by atoms with Crippen molar-refractivity contribution in [3.63, 3.8) is 0 Å². The number of nitrogens with two attached hydrogens (primary N) is 1. The molecule has 90 valence electrons. The average Bonchev–Trinajstić information content (AvgIpc) is 2.24. The van der Waals surface area contributed by atoms with Crippen LogP contribution in [0.15, 0.2) is 0 Å². The van der Waals surface area contributed by atoms with Gasteiger partial charge in [-0.05, 0) is 13.3 Å². The number of methoxy groups -OCH3 is 2. The van der Waals surface area contributed by atoms with Gasteiger partial charge in [-0.3, -0.25) is 4.79 Å². The molecule has 0 heterocycles. The molecule has 0 radical (unpaired) electrons. The zero-order chi connectivity index (χ0) is 11.8. The summed E-state index contributed by atoms with van der Waals surface area (Å²) >= 11 is 0. The van der Waals surface area contributed by atoms with Crippen LogP contribution >= 0.6 is 0 Å². The quantitative estimate of drug-likeness (QED) is 0.645. The van der Waals surface area contributed by atoms with Crippen LogP contribution < -0.4 is 5.73 Å². The topological polar surface area (TPSA) is 64.8 Å². The molecule has 0 aliphatic carbocycles. The third-order valence-electron chi connectivity index (χ3n) is 2.37. The van der Waals surface area contributed by atoms with Gasteiger partial charge < -0.3 is 20.1 Å². The van der Waals surface area contributed by atoms with E-state index in [0.717, 1.165) is 0 Å². The van der Waals surface area contributed by atoms with E-state index in [1.54, 1.807) is 26.2 Å². The maximum absolute atomic E-state index is 11.8. The van der Waals surface area contributed by atoms with Crippen molar-refractivity contribution in [1.29, 1.82) is 0 Å². The van der Waals surface area contributed by atoms with Gasteiger partial charge in [0.05, 0.1) is 18.7 Å². The Labute approximate surface area is 91.5 Å². The van der Waals surface area contributed by atoms with Crippen LogP contribution in [0.4, 0.5) is 0 Å². The molecule has 0 rings (SSSR count). The largest absolute Gasteiger partial charge is 0.385 e. The molecular formula is C10H22N2O3. The lowest BCUT2D eigenvalue weighted by Crippen LogP contribution is -2.47. The van der Waals surface area contributed by atoms with Crippen molar-refractivity contribution < 1.29 is 14.3 Å². The predicted octanol–water partition coefficient (Wildman–Crippen LogP) is -0.156. The first-order chi connectivity index (χ1) is 7.04. The van der Waals surface area contributed by atoms with E-state index in [2.05, 4.69) is 0 Å². The molecule has 2 unspecified atom stereocenters.